The minimum atomic E-state index is -0.407. The zero-order valence-electron chi connectivity index (χ0n) is 9.90. The van der Waals surface area contributed by atoms with Gasteiger partial charge in [-0.05, 0) is 12.3 Å². The molecule has 1 rings (SSSR count). The van der Waals surface area contributed by atoms with E-state index in [1.54, 1.807) is 0 Å². The van der Waals surface area contributed by atoms with Gasteiger partial charge in [-0.3, -0.25) is 0 Å². The van der Waals surface area contributed by atoms with Gasteiger partial charge in [-0.1, -0.05) is 32.9 Å². The molecule has 0 saturated carbocycles. The summed E-state index contributed by atoms with van der Waals surface area (Å²) in [6.07, 6.45) is 1.03. The Kier molecular flexibility index (Phi) is 4.27. The summed E-state index contributed by atoms with van der Waals surface area (Å²) in [5.74, 6) is 1.80. The first-order valence-electron chi connectivity index (χ1n) is 5.55. The lowest BCUT2D eigenvalue weighted by Crippen LogP contribution is -2.17. The molecule has 1 aromatic rings. The summed E-state index contributed by atoms with van der Waals surface area (Å²) in [6, 6.07) is 0. The second-order valence-corrected chi connectivity index (χ2v) is 4.37. The fraction of sp³-hybridized carbons (Fsp3) is 0.818. The van der Waals surface area contributed by atoms with Crippen LogP contribution in [0.5, 0.6) is 0 Å². The van der Waals surface area contributed by atoms with Gasteiger partial charge in [0.1, 0.15) is 0 Å². The van der Waals surface area contributed by atoms with Crippen LogP contribution in [0.15, 0.2) is 4.52 Å². The minimum Gasteiger partial charge on any atom is -0.392 e. The molecule has 1 heterocycles. The van der Waals surface area contributed by atoms with Crippen LogP contribution in [0.25, 0.3) is 0 Å². The molecule has 86 valence electrons. The standard InChI is InChI=1S/C11H20N2O2/c1-5-8(4)11-12-10(15-13-11)6-9(14)7(2)3/h7-9,14H,5-6H2,1-4H3. The van der Waals surface area contributed by atoms with Gasteiger partial charge in [0.2, 0.25) is 5.89 Å². The summed E-state index contributed by atoms with van der Waals surface area (Å²) in [5.41, 5.74) is 0. The van der Waals surface area contributed by atoms with Crippen molar-refractivity contribution >= 4 is 0 Å². The van der Waals surface area contributed by atoms with E-state index >= 15 is 0 Å². The first kappa shape index (κ1) is 12.2. The summed E-state index contributed by atoms with van der Waals surface area (Å²) in [7, 11) is 0. The van der Waals surface area contributed by atoms with Gasteiger partial charge < -0.3 is 9.63 Å². The Morgan fingerprint density at radius 2 is 2.00 bits per heavy atom. The highest BCUT2D eigenvalue weighted by Crippen LogP contribution is 2.16. The third-order valence-electron chi connectivity index (χ3n) is 2.69. The van der Waals surface area contributed by atoms with Crippen LogP contribution in [-0.4, -0.2) is 21.4 Å². The Morgan fingerprint density at radius 1 is 1.33 bits per heavy atom. The summed E-state index contributed by atoms with van der Waals surface area (Å²) >= 11 is 0. The van der Waals surface area contributed by atoms with Crippen LogP contribution in [0.3, 0.4) is 0 Å². The van der Waals surface area contributed by atoms with Crippen molar-refractivity contribution in [2.75, 3.05) is 0 Å². The molecule has 0 aliphatic rings. The van der Waals surface area contributed by atoms with Crippen molar-refractivity contribution in [1.82, 2.24) is 10.1 Å². The molecule has 2 unspecified atom stereocenters. The van der Waals surface area contributed by atoms with E-state index in [9.17, 15) is 5.11 Å². The molecular formula is C11H20N2O2. The normalized spacial score (nSPS) is 15.6. The van der Waals surface area contributed by atoms with Gasteiger partial charge in [0.25, 0.3) is 0 Å². The maximum atomic E-state index is 9.66. The van der Waals surface area contributed by atoms with Crippen molar-refractivity contribution in [2.24, 2.45) is 5.92 Å². The summed E-state index contributed by atoms with van der Waals surface area (Å²) < 4.78 is 5.09. The number of aliphatic hydroxyl groups is 1. The maximum Gasteiger partial charge on any atom is 0.229 e. The molecule has 0 aromatic carbocycles. The van der Waals surface area contributed by atoms with Crippen molar-refractivity contribution in [2.45, 2.75) is 52.6 Å². The molecule has 15 heavy (non-hydrogen) atoms. The molecule has 4 heteroatoms. The van der Waals surface area contributed by atoms with E-state index < -0.39 is 6.10 Å². The molecule has 2 atom stereocenters. The van der Waals surface area contributed by atoms with Gasteiger partial charge in [0, 0.05) is 5.92 Å². The van der Waals surface area contributed by atoms with Crippen molar-refractivity contribution in [3.8, 4) is 0 Å². The maximum absolute atomic E-state index is 9.66. The smallest absolute Gasteiger partial charge is 0.229 e. The Morgan fingerprint density at radius 3 is 2.53 bits per heavy atom. The highest BCUT2D eigenvalue weighted by atomic mass is 16.5. The largest absolute Gasteiger partial charge is 0.392 e. The zero-order chi connectivity index (χ0) is 11.4. The van der Waals surface area contributed by atoms with E-state index in [-0.39, 0.29) is 5.92 Å². The van der Waals surface area contributed by atoms with E-state index in [1.807, 2.05) is 13.8 Å². The monoisotopic (exact) mass is 212 g/mol. The van der Waals surface area contributed by atoms with Crippen LogP contribution in [0.2, 0.25) is 0 Å². The third-order valence-corrected chi connectivity index (χ3v) is 2.69. The molecule has 0 spiro atoms. The molecule has 1 aromatic heterocycles. The van der Waals surface area contributed by atoms with E-state index in [0.717, 1.165) is 12.2 Å². The van der Waals surface area contributed by atoms with E-state index in [4.69, 9.17) is 4.52 Å². The van der Waals surface area contributed by atoms with Gasteiger partial charge in [-0.15, -0.1) is 0 Å². The zero-order valence-corrected chi connectivity index (χ0v) is 9.90. The topological polar surface area (TPSA) is 59.2 Å². The summed E-state index contributed by atoms with van der Waals surface area (Å²) in [6.45, 7) is 8.09. The summed E-state index contributed by atoms with van der Waals surface area (Å²) in [4.78, 5) is 4.27. The van der Waals surface area contributed by atoms with Crippen LogP contribution in [0.4, 0.5) is 0 Å². The Bertz CT molecular complexity index is 297. The van der Waals surface area contributed by atoms with Crippen molar-refractivity contribution in [3.63, 3.8) is 0 Å². The number of aliphatic hydroxyl groups excluding tert-OH is 1. The van der Waals surface area contributed by atoms with Crippen LogP contribution >= 0.6 is 0 Å². The molecule has 0 bridgehead atoms. The molecule has 0 amide bonds. The average molecular weight is 212 g/mol. The average Bonchev–Trinajstić information content (AvgIpc) is 2.65. The SMILES string of the molecule is CCC(C)c1noc(CC(O)C(C)C)n1. The molecule has 4 nitrogen and oxygen atoms in total. The Hall–Kier alpha value is -0.900. The molecule has 1 N–H and O–H groups in total. The number of nitrogens with zero attached hydrogens (tertiary/aromatic N) is 2. The molecule has 0 fully saturated rings. The lowest BCUT2D eigenvalue weighted by Gasteiger charge is -2.10. The molecule has 0 aliphatic carbocycles. The predicted molar refractivity (Wildman–Crippen MR) is 57.6 cm³/mol. The van der Waals surface area contributed by atoms with Crippen molar-refractivity contribution in [3.05, 3.63) is 11.7 Å². The third kappa shape index (κ3) is 3.30. The number of aromatic nitrogens is 2. The fourth-order valence-corrected chi connectivity index (χ4v) is 1.15. The molecule has 0 radical (unpaired) electrons. The molecule has 0 saturated heterocycles. The lowest BCUT2D eigenvalue weighted by atomic mass is 10.0. The van der Waals surface area contributed by atoms with Gasteiger partial charge in [-0.25, -0.2) is 0 Å². The quantitative estimate of drug-likeness (QED) is 0.812. The second-order valence-electron chi connectivity index (χ2n) is 4.37. The van der Waals surface area contributed by atoms with E-state index in [2.05, 4.69) is 24.0 Å². The highest BCUT2D eigenvalue weighted by molar-refractivity contribution is 4.94. The van der Waals surface area contributed by atoms with E-state index in [1.165, 1.54) is 0 Å². The number of hydrogen-bond donors (Lipinski definition) is 1. The second kappa shape index (κ2) is 5.26. The Balaban J connectivity index is 2.60. The first-order chi connectivity index (χ1) is 7.04. The fourth-order valence-electron chi connectivity index (χ4n) is 1.15. The minimum absolute atomic E-state index is 0.212. The van der Waals surface area contributed by atoms with Gasteiger partial charge in [0.15, 0.2) is 5.82 Å². The van der Waals surface area contributed by atoms with Crippen LogP contribution in [0, 0.1) is 5.92 Å². The van der Waals surface area contributed by atoms with Crippen LogP contribution in [-0.2, 0) is 6.42 Å². The number of rotatable bonds is 5. The van der Waals surface area contributed by atoms with Crippen LogP contribution < -0.4 is 0 Å². The van der Waals surface area contributed by atoms with Gasteiger partial charge in [-0.2, -0.15) is 4.98 Å². The molecule has 0 aliphatic heterocycles. The Labute approximate surface area is 90.7 Å². The molecular weight excluding hydrogens is 192 g/mol. The first-order valence-corrected chi connectivity index (χ1v) is 5.55. The van der Waals surface area contributed by atoms with Crippen molar-refractivity contribution < 1.29 is 9.63 Å². The highest BCUT2D eigenvalue weighted by Gasteiger charge is 2.16. The lowest BCUT2D eigenvalue weighted by molar-refractivity contribution is 0.116. The predicted octanol–water partition coefficient (Wildman–Crippen LogP) is 2.14. The van der Waals surface area contributed by atoms with Crippen LogP contribution in [0.1, 0.15) is 51.7 Å². The van der Waals surface area contributed by atoms with Gasteiger partial charge >= 0.3 is 0 Å². The number of hydrogen-bond acceptors (Lipinski definition) is 4. The summed E-state index contributed by atoms with van der Waals surface area (Å²) in [5, 5.41) is 13.6. The van der Waals surface area contributed by atoms with E-state index in [0.29, 0.717) is 18.2 Å². The van der Waals surface area contributed by atoms with Crippen molar-refractivity contribution in [1.29, 1.82) is 0 Å². The van der Waals surface area contributed by atoms with Gasteiger partial charge in [0.05, 0.1) is 12.5 Å².